The molecule has 4 heteroatoms. The fourth-order valence-electron chi connectivity index (χ4n) is 3.80. The first-order valence-electron chi connectivity index (χ1n) is 7.76. The number of anilines is 1. The van der Waals surface area contributed by atoms with Crippen LogP contribution in [-0.2, 0) is 15.0 Å². The van der Waals surface area contributed by atoms with E-state index in [2.05, 4.69) is 19.2 Å². The van der Waals surface area contributed by atoms with E-state index in [1.54, 1.807) is 7.05 Å². The Labute approximate surface area is 125 Å². The maximum atomic E-state index is 13.1. The van der Waals surface area contributed by atoms with Crippen LogP contribution in [0.15, 0.2) is 24.3 Å². The zero-order chi connectivity index (χ0) is 15.2. The van der Waals surface area contributed by atoms with Crippen LogP contribution in [0.4, 0.5) is 5.69 Å². The van der Waals surface area contributed by atoms with Crippen LogP contribution in [0.2, 0.25) is 0 Å². The van der Waals surface area contributed by atoms with Gasteiger partial charge in [-0.3, -0.25) is 9.59 Å². The number of nitrogens with one attached hydrogen (secondary N) is 1. The number of carbonyl (C=O) groups excluding carboxylic acids is 2. The van der Waals surface area contributed by atoms with Crippen LogP contribution in [-0.4, -0.2) is 24.9 Å². The second kappa shape index (κ2) is 4.86. The van der Waals surface area contributed by atoms with Gasteiger partial charge in [0, 0.05) is 18.8 Å². The second-order valence-corrected chi connectivity index (χ2v) is 6.00. The number of rotatable bonds is 4. The van der Waals surface area contributed by atoms with Gasteiger partial charge in [-0.2, -0.15) is 0 Å². The van der Waals surface area contributed by atoms with E-state index in [0.717, 1.165) is 24.1 Å². The van der Waals surface area contributed by atoms with Crippen molar-refractivity contribution in [2.24, 2.45) is 5.92 Å². The molecule has 1 aromatic carbocycles. The standard InChI is InChI=1S/C17H22N2O2/c1-4-11(5-2)19-14-9-7-6-8-12(14)17(16(19)21)10-13(17)15(20)18-3/h6-9,11,13H,4-5,10H2,1-3H3,(H,18,20). The zero-order valence-electron chi connectivity index (χ0n) is 12.8. The van der Waals surface area contributed by atoms with Gasteiger partial charge in [0.05, 0.1) is 11.3 Å². The maximum absolute atomic E-state index is 13.1. The lowest BCUT2D eigenvalue weighted by molar-refractivity contribution is -0.126. The number of amides is 2. The smallest absolute Gasteiger partial charge is 0.238 e. The highest BCUT2D eigenvalue weighted by atomic mass is 16.2. The van der Waals surface area contributed by atoms with Crippen molar-refractivity contribution in [2.75, 3.05) is 11.9 Å². The molecule has 1 N–H and O–H groups in total. The number of carbonyl (C=O) groups is 2. The molecule has 0 aromatic heterocycles. The van der Waals surface area contributed by atoms with Gasteiger partial charge in [0.2, 0.25) is 11.8 Å². The van der Waals surface area contributed by atoms with Gasteiger partial charge in [-0.15, -0.1) is 0 Å². The van der Waals surface area contributed by atoms with Crippen molar-refractivity contribution in [1.29, 1.82) is 0 Å². The highest BCUT2D eigenvalue weighted by Gasteiger charge is 2.69. The zero-order valence-corrected chi connectivity index (χ0v) is 12.8. The van der Waals surface area contributed by atoms with Crippen molar-refractivity contribution in [1.82, 2.24) is 5.32 Å². The Balaban J connectivity index is 2.06. The molecule has 2 aliphatic rings. The number of hydrogen-bond acceptors (Lipinski definition) is 2. The first-order valence-corrected chi connectivity index (χ1v) is 7.76. The van der Waals surface area contributed by atoms with Gasteiger partial charge >= 0.3 is 0 Å². The summed E-state index contributed by atoms with van der Waals surface area (Å²) in [4.78, 5) is 27.0. The SMILES string of the molecule is CCC(CC)N1C(=O)C2(CC2C(=O)NC)c2ccccc21. The van der Waals surface area contributed by atoms with Gasteiger partial charge in [-0.1, -0.05) is 32.0 Å². The third-order valence-corrected chi connectivity index (χ3v) is 5.08. The molecular formula is C17H22N2O2. The average molecular weight is 286 g/mol. The van der Waals surface area contributed by atoms with Crippen LogP contribution in [0.3, 0.4) is 0 Å². The summed E-state index contributed by atoms with van der Waals surface area (Å²) >= 11 is 0. The van der Waals surface area contributed by atoms with E-state index in [0.29, 0.717) is 6.42 Å². The fraction of sp³-hybridized carbons (Fsp3) is 0.529. The van der Waals surface area contributed by atoms with Gasteiger partial charge in [0.1, 0.15) is 0 Å². The molecule has 0 radical (unpaired) electrons. The van der Waals surface area contributed by atoms with Gasteiger partial charge in [0.15, 0.2) is 0 Å². The summed E-state index contributed by atoms with van der Waals surface area (Å²) in [6.45, 7) is 4.22. The molecule has 1 aromatic rings. The van der Waals surface area contributed by atoms with Crippen molar-refractivity contribution < 1.29 is 9.59 Å². The summed E-state index contributed by atoms with van der Waals surface area (Å²) in [6.07, 6.45) is 2.49. The predicted octanol–water partition coefficient (Wildman–Crippen LogP) is 2.23. The van der Waals surface area contributed by atoms with E-state index in [9.17, 15) is 9.59 Å². The summed E-state index contributed by atoms with van der Waals surface area (Å²) in [6, 6.07) is 8.17. The van der Waals surface area contributed by atoms with E-state index < -0.39 is 5.41 Å². The molecule has 3 rings (SSSR count). The molecular weight excluding hydrogens is 264 g/mol. The van der Waals surface area contributed by atoms with Crippen LogP contribution in [0.25, 0.3) is 0 Å². The molecule has 2 atom stereocenters. The summed E-state index contributed by atoms with van der Waals surface area (Å²) in [7, 11) is 1.64. The molecule has 1 fully saturated rings. The summed E-state index contributed by atoms with van der Waals surface area (Å²) in [5.41, 5.74) is 1.44. The predicted molar refractivity (Wildman–Crippen MR) is 82.1 cm³/mol. The summed E-state index contributed by atoms with van der Waals surface area (Å²) in [5, 5.41) is 2.69. The van der Waals surface area contributed by atoms with Gasteiger partial charge in [-0.05, 0) is 30.9 Å². The molecule has 112 valence electrons. The molecule has 0 bridgehead atoms. The van der Waals surface area contributed by atoms with Crippen LogP contribution in [0.1, 0.15) is 38.7 Å². The highest BCUT2D eigenvalue weighted by Crippen LogP contribution is 2.62. The second-order valence-electron chi connectivity index (χ2n) is 6.00. The number of hydrogen-bond donors (Lipinski definition) is 1. The largest absolute Gasteiger partial charge is 0.359 e. The van der Waals surface area contributed by atoms with E-state index >= 15 is 0 Å². The third-order valence-electron chi connectivity index (χ3n) is 5.08. The molecule has 0 saturated heterocycles. The van der Waals surface area contributed by atoms with E-state index in [-0.39, 0.29) is 23.8 Å². The van der Waals surface area contributed by atoms with Crippen molar-refractivity contribution in [3.8, 4) is 0 Å². The van der Waals surface area contributed by atoms with Gasteiger partial charge in [-0.25, -0.2) is 0 Å². The van der Waals surface area contributed by atoms with Crippen LogP contribution in [0, 0.1) is 5.92 Å². The molecule has 4 nitrogen and oxygen atoms in total. The van der Waals surface area contributed by atoms with E-state index in [1.165, 1.54) is 0 Å². The lowest BCUT2D eigenvalue weighted by Crippen LogP contribution is -2.41. The normalized spacial score (nSPS) is 26.4. The minimum absolute atomic E-state index is 0.0236. The van der Waals surface area contributed by atoms with Crippen molar-refractivity contribution in [3.05, 3.63) is 29.8 Å². The molecule has 2 unspecified atom stereocenters. The number of para-hydroxylation sites is 1. The van der Waals surface area contributed by atoms with Crippen molar-refractivity contribution in [2.45, 2.75) is 44.6 Å². The van der Waals surface area contributed by atoms with Gasteiger partial charge in [0.25, 0.3) is 0 Å². The van der Waals surface area contributed by atoms with E-state index in [4.69, 9.17) is 0 Å². The lowest BCUT2D eigenvalue weighted by atomic mass is 9.94. The van der Waals surface area contributed by atoms with Crippen LogP contribution < -0.4 is 10.2 Å². The lowest BCUT2D eigenvalue weighted by Gasteiger charge is -2.27. The van der Waals surface area contributed by atoms with Gasteiger partial charge < -0.3 is 10.2 Å². The minimum Gasteiger partial charge on any atom is -0.359 e. The molecule has 1 spiro atoms. The quantitative estimate of drug-likeness (QED) is 0.922. The van der Waals surface area contributed by atoms with E-state index in [1.807, 2.05) is 29.2 Å². The first-order chi connectivity index (χ1) is 10.1. The van der Waals surface area contributed by atoms with Crippen molar-refractivity contribution >= 4 is 17.5 Å². The Bertz CT molecular complexity index is 594. The number of benzene rings is 1. The molecule has 2 amide bonds. The Hall–Kier alpha value is -1.84. The monoisotopic (exact) mass is 286 g/mol. The highest BCUT2D eigenvalue weighted by molar-refractivity contribution is 6.14. The number of nitrogens with zero attached hydrogens (tertiary/aromatic N) is 1. The Morgan fingerprint density at radius 1 is 1.38 bits per heavy atom. The Kier molecular flexibility index (Phi) is 3.27. The van der Waals surface area contributed by atoms with Crippen LogP contribution >= 0.6 is 0 Å². The third kappa shape index (κ3) is 1.74. The average Bonchev–Trinajstić information content (AvgIpc) is 3.22. The number of fused-ring (bicyclic) bond motifs is 2. The molecule has 21 heavy (non-hydrogen) atoms. The Morgan fingerprint density at radius 3 is 2.67 bits per heavy atom. The summed E-state index contributed by atoms with van der Waals surface area (Å²) in [5.74, 6) is -0.119. The topological polar surface area (TPSA) is 49.4 Å². The molecule has 1 heterocycles. The first kappa shape index (κ1) is 14.1. The van der Waals surface area contributed by atoms with Crippen LogP contribution in [0.5, 0.6) is 0 Å². The molecule has 1 aliphatic heterocycles. The van der Waals surface area contributed by atoms with Crippen molar-refractivity contribution in [3.63, 3.8) is 0 Å². The Morgan fingerprint density at radius 2 is 2.05 bits per heavy atom. The summed E-state index contributed by atoms with van der Waals surface area (Å²) < 4.78 is 0. The molecule has 1 aliphatic carbocycles. The molecule has 1 saturated carbocycles. The minimum atomic E-state index is -0.598. The fourth-order valence-corrected chi connectivity index (χ4v) is 3.80. The maximum Gasteiger partial charge on any atom is 0.238 e.